The summed E-state index contributed by atoms with van der Waals surface area (Å²) < 4.78 is 1.88. The summed E-state index contributed by atoms with van der Waals surface area (Å²) in [6.07, 6.45) is 6.62. The van der Waals surface area contributed by atoms with Crippen LogP contribution in [0.3, 0.4) is 0 Å². The Morgan fingerprint density at radius 3 is 2.84 bits per heavy atom. The predicted octanol–water partition coefficient (Wildman–Crippen LogP) is 4.00. The second kappa shape index (κ2) is 6.31. The summed E-state index contributed by atoms with van der Waals surface area (Å²) in [6, 6.07) is 10.4. The van der Waals surface area contributed by atoms with Crippen LogP contribution >= 0.6 is 0 Å². The fourth-order valence-corrected chi connectivity index (χ4v) is 3.49. The molecule has 0 radical (unpaired) electrons. The van der Waals surface area contributed by atoms with Gasteiger partial charge in [0, 0.05) is 29.9 Å². The van der Waals surface area contributed by atoms with Crippen LogP contribution in [-0.2, 0) is 6.42 Å². The Hall–Kier alpha value is -2.69. The van der Waals surface area contributed by atoms with E-state index in [4.69, 9.17) is 0 Å². The molecule has 0 saturated carbocycles. The Balaban J connectivity index is 1.72. The van der Waals surface area contributed by atoms with Crippen LogP contribution in [0.2, 0.25) is 0 Å². The van der Waals surface area contributed by atoms with Gasteiger partial charge in [-0.15, -0.1) is 0 Å². The number of carbonyl (C=O) groups excluding carboxylic acids is 1. The van der Waals surface area contributed by atoms with E-state index in [1.807, 2.05) is 33.8 Å². The number of anilines is 1. The maximum absolute atomic E-state index is 13.2. The van der Waals surface area contributed by atoms with Crippen molar-refractivity contribution in [3.8, 4) is 0 Å². The summed E-state index contributed by atoms with van der Waals surface area (Å²) in [5.41, 5.74) is 3.72. The molecule has 0 atom stereocenters. The smallest absolute Gasteiger partial charge is 0.259 e. The number of aromatic nitrogens is 3. The van der Waals surface area contributed by atoms with Gasteiger partial charge in [0.15, 0.2) is 5.65 Å². The Kier molecular flexibility index (Phi) is 3.99. The lowest BCUT2D eigenvalue weighted by Crippen LogP contribution is -2.31. The Morgan fingerprint density at radius 2 is 2.00 bits per heavy atom. The van der Waals surface area contributed by atoms with Crippen molar-refractivity contribution in [1.29, 1.82) is 0 Å². The molecule has 0 unspecified atom stereocenters. The predicted molar refractivity (Wildman–Crippen MR) is 99.0 cm³/mol. The first-order chi connectivity index (χ1) is 12.1. The molecule has 0 fully saturated rings. The van der Waals surface area contributed by atoms with E-state index in [1.165, 1.54) is 5.56 Å². The van der Waals surface area contributed by atoms with Crippen molar-refractivity contribution in [3.63, 3.8) is 0 Å². The Labute approximate surface area is 147 Å². The van der Waals surface area contributed by atoms with Crippen molar-refractivity contribution in [2.75, 3.05) is 11.4 Å². The first-order valence-corrected chi connectivity index (χ1v) is 8.88. The largest absolute Gasteiger partial charge is 0.308 e. The van der Waals surface area contributed by atoms with Gasteiger partial charge in [-0.25, -0.2) is 9.67 Å². The van der Waals surface area contributed by atoms with Crippen LogP contribution < -0.4 is 4.90 Å². The summed E-state index contributed by atoms with van der Waals surface area (Å²) in [5, 5.41) is 5.29. The number of para-hydroxylation sites is 1. The number of amides is 1. The summed E-state index contributed by atoms with van der Waals surface area (Å²) in [6.45, 7) is 4.89. The summed E-state index contributed by atoms with van der Waals surface area (Å²) in [5.74, 6) is 0.0149. The first-order valence-electron chi connectivity index (χ1n) is 8.88. The number of benzene rings is 1. The van der Waals surface area contributed by atoms with Crippen LogP contribution in [0.15, 0.2) is 42.7 Å². The molecule has 0 saturated heterocycles. The molecule has 4 rings (SSSR count). The molecule has 0 bridgehead atoms. The minimum atomic E-state index is 0.0149. The highest BCUT2D eigenvalue weighted by atomic mass is 16.2. The van der Waals surface area contributed by atoms with Gasteiger partial charge in [-0.3, -0.25) is 4.79 Å². The highest BCUT2D eigenvalue weighted by molar-refractivity contribution is 6.07. The van der Waals surface area contributed by atoms with Crippen molar-refractivity contribution in [3.05, 3.63) is 53.9 Å². The van der Waals surface area contributed by atoms with Crippen LogP contribution in [0.4, 0.5) is 5.69 Å². The quantitative estimate of drug-likeness (QED) is 0.712. The van der Waals surface area contributed by atoms with E-state index in [0.717, 1.165) is 42.5 Å². The zero-order valence-corrected chi connectivity index (χ0v) is 14.6. The molecule has 2 aromatic heterocycles. The molecule has 5 heteroatoms. The lowest BCUT2D eigenvalue weighted by molar-refractivity contribution is 0.0987. The molecular weight excluding hydrogens is 312 g/mol. The highest BCUT2D eigenvalue weighted by Crippen LogP contribution is 2.28. The summed E-state index contributed by atoms with van der Waals surface area (Å²) in [7, 11) is 0. The molecular formula is C20H22N4O. The highest BCUT2D eigenvalue weighted by Gasteiger charge is 2.23. The normalized spacial score (nSPS) is 14.6. The molecule has 1 aliphatic heterocycles. The average Bonchev–Trinajstić information content (AvgIpc) is 2.93. The van der Waals surface area contributed by atoms with Crippen molar-refractivity contribution >= 4 is 22.6 Å². The first kappa shape index (κ1) is 15.8. The second-order valence-electron chi connectivity index (χ2n) is 6.86. The zero-order chi connectivity index (χ0) is 17.4. The van der Waals surface area contributed by atoms with Crippen molar-refractivity contribution in [1.82, 2.24) is 14.8 Å². The molecule has 0 N–H and O–H groups in total. The number of nitrogens with zero attached hydrogens (tertiary/aromatic N) is 4. The fourth-order valence-electron chi connectivity index (χ4n) is 3.49. The van der Waals surface area contributed by atoms with E-state index in [-0.39, 0.29) is 11.9 Å². The number of carbonyl (C=O) groups is 1. The third-order valence-corrected chi connectivity index (χ3v) is 4.77. The van der Waals surface area contributed by atoms with Gasteiger partial charge in [0.25, 0.3) is 5.91 Å². The van der Waals surface area contributed by atoms with Gasteiger partial charge < -0.3 is 4.90 Å². The lowest BCUT2D eigenvalue weighted by atomic mass is 10.1. The van der Waals surface area contributed by atoms with E-state index in [1.54, 1.807) is 12.4 Å². The molecule has 3 aromatic rings. The zero-order valence-electron chi connectivity index (χ0n) is 14.6. The second-order valence-corrected chi connectivity index (χ2v) is 6.86. The maximum Gasteiger partial charge on any atom is 0.259 e. The van der Waals surface area contributed by atoms with E-state index < -0.39 is 0 Å². The Bertz CT molecular complexity index is 928. The molecule has 128 valence electrons. The number of hydrogen-bond donors (Lipinski definition) is 0. The third-order valence-electron chi connectivity index (χ3n) is 4.77. The van der Waals surface area contributed by atoms with Crippen LogP contribution in [0.25, 0.3) is 11.0 Å². The third kappa shape index (κ3) is 2.80. The van der Waals surface area contributed by atoms with E-state index in [2.05, 4.69) is 30.0 Å². The summed E-state index contributed by atoms with van der Waals surface area (Å²) in [4.78, 5) is 19.6. The lowest BCUT2D eigenvalue weighted by Gasteiger charge is -2.23. The summed E-state index contributed by atoms with van der Waals surface area (Å²) >= 11 is 0. The number of rotatable bonds is 2. The van der Waals surface area contributed by atoms with Crippen molar-refractivity contribution in [2.45, 2.75) is 39.2 Å². The van der Waals surface area contributed by atoms with Crippen molar-refractivity contribution in [2.24, 2.45) is 0 Å². The van der Waals surface area contributed by atoms with Crippen LogP contribution in [-0.4, -0.2) is 27.2 Å². The topological polar surface area (TPSA) is 51.0 Å². The number of hydrogen-bond acceptors (Lipinski definition) is 3. The Morgan fingerprint density at radius 1 is 1.16 bits per heavy atom. The van der Waals surface area contributed by atoms with Crippen LogP contribution in [0.5, 0.6) is 0 Å². The van der Waals surface area contributed by atoms with E-state index >= 15 is 0 Å². The van der Waals surface area contributed by atoms with Gasteiger partial charge in [0.2, 0.25) is 0 Å². The average molecular weight is 334 g/mol. The molecule has 0 spiro atoms. The molecule has 25 heavy (non-hydrogen) atoms. The minimum Gasteiger partial charge on any atom is -0.308 e. The standard InChI is InChI=1S/C20H22N4O/c1-14(2)24-19-16(13-22-24)11-17(12-21-19)20(25)23-10-6-5-8-15-7-3-4-9-18(15)23/h3-4,7,9,11-14H,5-6,8,10H2,1-2H3. The molecule has 5 nitrogen and oxygen atoms in total. The minimum absolute atomic E-state index is 0.0149. The van der Waals surface area contributed by atoms with Gasteiger partial charge in [-0.1, -0.05) is 18.2 Å². The maximum atomic E-state index is 13.2. The number of fused-ring (bicyclic) bond motifs is 2. The van der Waals surface area contributed by atoms with E-state index in [0.29, 0.717) is 5.56 Å². The molecule has 1 aromatic carbocycles. The van der Waals surface area contributed by atoms with Gasteiger partial charge in [0.1, 0.15) is 0 Å². The van der Waals surface area contributed by atoms with Gasteiger partial charge in [-0.2, -0.15) is 5.10 Å². The fraction of sp³-hybridized carbons (Fsp3) is 0.350. The number of pyridine rings is 1. The molecule has 1 aliphatic rings. The van der Waals surface area contributed by atoms with Crippen LogP contribution in [0.1, 0.15) is 48.7 Å². The SMILES string of the molecule is CC(C)n1ncc2cc(C(=O)N3CCCCc4ccccc43)cnc21. The van der Waals surface area contributed by atoms with Crippen LogP contribution in [0, 0.1) is 0 Å². The van der Waals surface area contributed by atoms with Gasteiger partial charge in [0.05, 0.1) is 11.8 Å². The molecule has 0 aliphatic carbocycles. The molecule has 1 amide bonds. The van der Waals surface area contributed by atoms with Crippen molar-refractivity contribution < 1.29 is 4.79 Å². The molecule has 3 heterocycles. The number of aryl methyl sites for hydroxylation is 1. The monoisotopic (exact) mass is 334 g/mol. The van der Waals surface area contributed by atoms with Gasteiger partial charge >= 0.3 is 0 Å². The van der Waals surface area contributed by atoms with Gasteiger partial charge in [-0.05, 0) is 50.8 Å². The van der Waals surface area contributed by atoms with E-state index in [9.17, 15) is 4.79 Å².